The third-order valence-corrected chi connectivity index (χ3v) is 5.22. The quantitative estimate of drug-likeness (QED) is 0.688. The second kappa shape index (κ2) is 6.77. The summed E-state index contributed by atoms with van der Waals surface area (Å²) in [5.74, 6) is 0.707. The van der Waals surface area contributed by atoms with E-state index in [0.717, 1.165) is 22.2 Å². The summed E-state index contributed by atoms with van der Waals surface area (Å²) in [4.78, 5) is 15.9. The molecule has 4 nitrogen and oxygen atoms in total. The molecule has 0 spiro atoms. The van der Waals surface area contributed by atoms with Crippen LogP contribution in [0.25, 0.3) is 10.7 Å². The van der Waals surface area contributed by atoms with Crippen molar-refractivity contribution in [1.82, 2.24) is 19.9 Å². The minimum Gasteiger partial charge on any atom is -0.294 e. The summed E-state index contributed by atoms with van der Waals surface area (Å²) in [6, 6.07) is 4.96. The molecule has 134 valence electrons. The smallest absolute Gasteiger partial charge is 0.294 e. The van der Waals surface area contributed by atoms with E-state index in [-0.39, 0.29) is 12.1 Å². The highest BCUT2D eigenvalue weighted by molar-refractivity contribution is 7.13. The Hall–Kier alpha value is -2.32. The average molecular weight is 376 g/mol. The van der Waals surface area contributed by atoms with Gasteiger partial charge in [0.15, 0.2) is 5.82 Å². The molecule has 0 saturated carbocycles. The number of aromatic nitrogens is 3. The molecule has 0 unspecified atom stereocenters. The maximum absolute atomic E-state index is 13.2. The Labute approximate surface area is 152 Å². The van der Waals surface area contributed by atoms with Gasteiger partial charge in [-0.3, -0.25) is 9.88 Å². The second-order valence-corrected chi connectivity index (χ2v) is 7.08. The van der Waals surface area contributed by atoms with Crippen molar-refractivity contribution in [3.63, 3.8) is 0 Å². The van der Waals surface area contributed by atoms with Crippen LogP contribution < -0.4 is 0 Å². The topological polar surface area (TPSA) is 41.9 Å². The highest BCUT2D eigenvalue weighted by Gasteiger charge is 2.33. The molecule has 0 aromatic carbocycles. The Morgan fingerprint density at radius 3 is 2.85 bits per heavy atom. The minimum atomic E-state index is -4.37. The summed E-state index contributed by atoms with van der Waals surface area (Å²) >= 11 is 1.58. The molecular weight excluding hydrogens is 361 g/mol. The van der Waals surface area contributed by atoms with Crippen LogP contribution in [0, 0.1) is 0 Å². The molecule has 1 aliphatic heterocycles. The van der Waals surface area contributed by atoms with Gasteiger partial charge in [-0.2, -0.15) is 13.2 Å². The molecule has 0 bridgehead atoms. The van der Waals surface area contributed by atoms with E-state index in [4.69, 9.17) is 0 Å². The van der Waals surface area contributed by atoms with E-state index in [2.05, 4.69) is 15.0 Å². The zero-order chi connectivity index (χ0) is 18.1. The summed E-state index contributed by atoms with van der Waals surface area (Å²) in [6.45, 7) is 1.39. The van der Waals surface area contributed by atoms with Crippen LogP contribution in [-0.4, -0.2) is 26.4 Å². The lowest BCUT2D eigenvalue weighted by Gasteiger charge is -2.28. The van der Waals surface area contributed by atoms with Crippen molar-refractivity contribution in [3.05, 3.63) is 64.6 Å². The van der Waals surface area contributed by atoms with Crippen molar-refractivity contribution < 1.29 is 13.2 Å². The maximum atomic E-state index is 13.2. The van der Waals surface area contributed by atoms with Gasteiger partial charge in [0.25, 0.3) is 0 Å². The zero-order valence-electron chi connectivity index (χ0n) is 13.7. The molecule has 4 heterocycles. The molecule has 0 N–H and O–H groups in total. The Morgan fingerprint density at radius 1 is 1.19 bits per heavy atom. The first-order valence-corrected chi connectivity index (χ1v) is 9.00. The first-order chi connectivity index (χ1) is 12.5. The van der Waals surface area contributed by atoms with Crippen LogP contribution in [0.1, 0.15) is 22.4 Å². The second-order valence-electron chi connectivity index (χ2n) is 6.13. The fraction of sp³-hybridized carbons (Fsp3) is 0.278. The SMILES string of the molecule is FC(F)(F)c1ccncc1CN1CCc2nc(-c3cccs3)ncc2C1. The van der Waals surface area contributed by atoms with Gasteiger partial charge in [0, 0.05) is 50.2 Å². The Kier molecular flexibility index (Phi) is 4.46. The van der Waals surface area contributed by atoms with Crippen LogP contribution in [-0.2, 0) is 25.7 Å². The first kappa shape index (κ1) is 17.1. The molecule has 3 aromatic heterocycles. The normalized spacial score (nSPS) is 15.0. The van der Waals surface area contributed by atoms with Gasteiger partial charge in [-0.05, 0) is 23.1 Å². The molecule has 0 saturated heterocycles. The van der Waals surface area contributed by atoms with E-state index >= 15 is 0 Å². The number of hydrogen-bond acceptors (Lipinski definition) is 5. The lowest BCUT2D eigenvalue weighted by molar-refractivity contribution is -0.138. The standard InChI is InChI=1S/C18H15F3N4S/c19-18(20,21)14-3-5-22-8-12(14)10-25-6-4-15-13(11-25)9-23-17(24-15)16-2-1-7-26-16/h1-3,5,7-9H,4,6,10-11H2. The van der Waals surface area contributed by atoms with E-state index in [1.807, 2.05) is 22.4 Å². The number of alkyl halides is 3. The molecule has 1 aliphatic rings. The van der Waals surface area contributed by atoms with Crippen molar-refractivity contribution in [2.45, 2.75) is 25.7 Å². The first-order valence-electron chi connectivity index (χ1n) is 8.12. The molecule has 0 fully saturated rings. The fourth-order valence-corrected chi connectivity index (χ4v) is 3.77. The average Bonchev–Trinajstić information content (AvgIpc) is 3.15. The fourth-order valence-electron chi connectivity index (χ4n) is 3.10. The van der Waals surface area contributed by atoms with Crippen LogP contribution in [0.15, 0.2) is 42.2 Å². The lowest BCUT2D eigenvalue weighted by atomic mass is 10.0. The van der Waals surface area contributed by atoms with Gasteiger partial charge in [0.1, 0.15) is 0 Å². The van der Waals surface area contributed by atoms with Gasteiger partial charge in [0.05, 0.1) is 16.1 Å². The number of thiophene rings is 1. The van der Waals surface area contributed by atoms with Crippen molar-refractivity contribution in [1.29, 1.82) is 0 Å². The summed E-state index contributed by atoms with van der Waals surface area (Å²) < 4.78 is 39.5. The van der Waals surface area contributed by atoms with Crippen LogP contribution >= 0.6 is 11.3 Å². The number of halogens is 3. The number of pyridine rings is 1. The molecule has 0 amide bonds. The van der Waals surface area contributed by atoms with Gasteiger partial charge in [0.2, 0.25) is 0 Å². The lowest BCUT2D eigenvalue weighted by Crippen LogP contribution is -2.31. The summed E-state index contributed by atoms with van der Waals surface area (Å²) in [6.07, 6.45) is 0.590. The van der Waals surface area contributed by atoms with E-state index < -0.39 is 11.7 Å². The van der Waals surface area contributed by atoms with Gasteiger partial charge in [-0.25, -0.2) is 9.97 Å². The molecule has 26 heavy (non-hydrogen) atoms. The van der Waals surface area contributed by atoms with E-state index in [9.17, 15) is 13.2 Å². The Morgan fingerprint density at radius 2 is 2.08 bits per heavy atom. The number of rotatable bonds is 3. The van der Waals surface area contributed by atoms with E-state index in [1.165, 1.54) is 12.4 Å². The summed E-state index contributed by atoms with van der Waals surface area (Å²) in [5.41, 5.74) is 1.51. The maximum Gasteiger partial charge on any atom is 0.416 e. The predicted molar refractivity (Wildman–Crippen MR) is 92.4 cm³/mol. The Bertz CT molecular complexity index is 909. The summed E-state index contributed by atoms with van der Waals surface area (Å²) in [5, 5.41) is 1.98. The third-order valence-electron chi connectivity index (χ3n) is 4.36. The van der Waals surface area contributed by atoms with Crippen molar-refractivity contribution in [2.24, 2.45) is 0 Å². The predicted octanol–water partition coefficient (Wildman–Crippen LogP) is 4.18. The highest BCUT2D eigenvalue weighted by Crippen LogP contribution is 2.32. The van der Waals surface area contributed by atoms with Gasteiger partial charge in [-0.15, -0.1) is 11.3 Å². The van der Waals surface area contributed by atoms with Crippen LogP contribution in [0.4, 0.5) is 13.2 Å². The van der Waals surface area contributed by atoms with E-state index in [1.54, 1.807) is 17.5 Å². The molecule has 4 rings (SSSR count). The van der Waals surface area contributed by atoms with E-state index in [0.29, 0.717) is 25.3 Å². The Balaban J connectivity index is 1.53. The van der Waals surface area contributed by atoms with Crippen molar-refractivity contribution >= 4 is 11.3 Å². The van der Waals surface area contributed by atoms with Gasteiger partial charge in [-0.1, -0.05) is 6.07 Å². The molecule has 0 atom stereocenters. The minimum absolute atomic E-state index is 0.194. The monoisotopic (exact) mass is 376 g/mol. The summed E-state index contributed by atoms with van der Waals surface area (Å²) in [7, 11) is 0. The van der Waals surface area contributed by atoms with Crippen LogP contribution in [0.5, 0.6) is 0 Å². The van der Waals surface area contributed by atoms with Crippen LogP contribution in [0.3, 0.4) is 0 Å². The molecule has 3 aromatic rings. The van der Waals surface area contributed by atoms with Gasteiger partial charge < -0.3 is 0 Å². The van der Waals surface area contributed by atoms with Crippen molar-refractivity contribution in [2.75, 3.05) is 6.54 Å². The van der Waals surface area contributed by atoms with Crippen molar-refractivity contribution in [3.8, 4) is 10.7 Å². The zero-order valence-corrected chi connectivity index (χ0v) is 14.5. The van der Waals surface area contributed by atoms with Crippen LogP contribution in [0.2, 0.25) is 0 Å². The molecular formula is C18H15F3N4S. The molecule has 0 aliphatic carbocycles. The number of hydrogen-bond donors (Lipinski definition) is 0. The molecule has 8 heteroatoms. The molecule has 0 radical (unpaired) electrons. The largest absolute Gasteiger partial charge is 0.416 e. The van der Waals surface area contributed by atoms with Gasteiger partial charge >= 0.3 is 6.18 Å². The number of fused-ring (bicyclic) bond motifs is 1. The number of nitrogens with zero attached hydrogens (tertiary/aromatic N) is 4. The highest BCUT2D eigenvalue weighted by atomic mass is 32.1. The third kappa shape index (κ3) is 3.47.